The van der Waals surface area contributed by atoms with Gasteiger partial charge in [-0.25, -0.2) is 0 Å². The number of rotatable bonds is 7. The van der Waals surface area contributed by atoms with Crippen LogP contribution >= 0.6 is 0 Å². The molecule has 0 aliphatic rings. The summed E-state index contributed by atoms with van der Waals surface area (Å²) in [4.78, 5) is 26.7. The first-order chi connectivity index (χ1) is 15.5. The van der Waals surface area contributed by atoms with E-state index in [1.165, 1.54) is 9.25 Å². The highest BCUT2D eigenvalue weighted by Gasteiger charge is 2.26. The second-order valence-electron chi connectivity index (χ2n) is 7.80. The van der Waals surface area contributed by atoms with Crippen molar-refractivity contribution in [3.63, 3.8) is 0 Å². The lowest BCUT2D eigenvalue weighted by atomic mass is 9.98. The lowest BCUT2D eigenvalue weighted by Crippen LogP contribution is -2.36. The van der Waals surface area contributed by atoms with Crippen molar-refractivity contribution in [1.29, 1.82) is 0 Å². The quantitative estimate of drug-likeness (QED) is 0.467. The van der Waals surface area contributed by atoms with E-state index in [0.717, 1.165) is 24.0 Å². The fraction of sp³-hybridized carbons (Fsp3) is 0.240. The number of fused-ring (bicyclic) bond motifs is 1. The SMILES string of the molecule is CCCCn1c(=O)c(C(=O)NC(c2ccccc2)c2ccccc2)c(O)c2nn(C)cc21. The minimum Gasteiger partial charge on any atom is -0.505 e. The molecule has 32 heavy (non-hydrogen) atoms. The molecule has 2 aromatic heterocycles. The van der Waals surface area contributed by atoms with E-state index in [1.807, 2.05) is 67.6 Å². The predicted molar refractivity (Wildman–Crippen MR) is 124 cm³/mol. The maximum absolute atomic E-state index is 13.4. The first-order valence-electron chi connectivity index (χ1n) is 10.7. The number of pyridine rings is 1. The molecule has 0 spiro atoms. The number of aromatic hydroxyl groups is 1. The number of aryl methyl sites for hydroxylation is 2. The third kappa shape index (κ3) is 4.01. The molecular formula is C25H26N4O3. The van der Waals surface area contributed by atoms with Crippen LogP contribution in [-0.4, -0.2) is 25.4 Å². The molecule has 0 unspecified atom stereocenters. The Kier molecular flexibility index (Phi) is 6.07. The fourth-order valence-electron chi connectivity index (χ4n) is 3.90. The average Bonchev–Trinajstić information content (AvgIpc) is 3.20. The van der Waals surface area contributed by atoms with Gasteiger partial charge in [0.25, 0.3) is 11.5 Å². The molecule has 2 N–H and O–H groups in total. The summed E-state index contributed by atoms with van der Waals surface area (Å²) in [7, 11) is 1.72. The molecule has 2 heterocycles. The highest BCUT2D eigenvalue weighted by molar-refractivity contribution is 6.01. The van der Waals surface area contributed by atoms with Gasteiger partial charge < -0.3 is 15.0 Å². The monoisotopic (exact) mass is 430 g/mol. The second-order valence-corrected chi connectivity index (χ2v) is 7.80. The van der Waals surface area contributed by atoms with Gasteiger partial charge >= 0.3 is 0 Å². The van der Waals surface area contributed by atoms with E-state index in [2.05, 4.69) is 10.4 Å². The smallest absolute Gasteiger partial charge is 0.267 e. The molecule has 4 rings (SSSR count). The van der Waals surface area contributed by atoms with E-state index < -0.39 is 23.3 Å². The summed E-state index contributed by atoms with van der Waals surface area (Å²) in [5, 5.41) is 18.1. The van der Waals surface area contributed by atoms with Crippen LogP contribution in [0.3, 0.4) is 0 Å². The molecule has 0 radical (unpaired) electrons. The van der Waals surface area contributed by atoms with Crippen molar-refractivity contribution in [2.45, 2.75) is 32.4 Å². The molecule has 0 atom stereocenters. The molecule has 0 bridgehead atoms. The molecule has 0 saturated carbocycles. The van der Waals surface area contributed by atoms with Crippen molar-refractivity contribution in [3.05, 3.63) is 93.9 Å². The Balaban J connectivity index is 1.81. The molecule has 7 heteroatoms. The molecule has 0 aliphatic carbocycles. The normalized spacial score (nSPS) is 11.2. The average molecular weight is 431 g/mol. The van der Waals surface area contributed by atoms with E-state index in [1.54, 1.807) is 13.2 Å². The number of carbonyl (C=O) groups excluding carboxylic acids is 1. The first-order valence-corrected chi connectivity index (χ1v) is 10.7. The van der Waals surface area contributed by atoms with Gasteiger partial charge in [0.05, 0.1) is 11.6 Å². The molecule has 1 amide bonds. The van der Waals surface area contributed by atoms with Crippen LogP contribution < -0.4 is 10.9 Å². The molecular weight excluding hydrogens is 404 g/mol. The van der Waals surface area contributed by atoms with Gasteiger partial charge in [0.2, 0.25) is 0 Å². The fourth-order valence-corrected chi connectivity index (χ4v) is 3.90. The molecule has 7 nitrogen and oxygen atoms in total. The number of benzene rings is 2. The van der Waals surface area contributed by atoms with Crippen molar-refractivity contribution >= 4 is 16.9 Å². The van der Waals surface area contributed by atoms with Crippen LogP contribution in [-0.2, 0) is 13.6 Å². The van der Waals surface area contributed by atoms with E-state index in [0.29, 0.717) is 12.1 Å². The molecule has 4 aromatic rings. The number of aromatic nitrogens is 3. The van der Waals surface area contributed by atoms with E-state index in [9.17, 15) is 14.7 Å². The van der Waals surface area contributed by atoms with E-state index >= 15 is 0 Å². The number of carbonyl (C=O) groups is 1. The van der Waals surface area contributed by atoms with Crippen LogP contribution in [0.4, 0.5) is 0 Å². The van der Waals surface area contributed by atoms with Crippen LogP contribution in [0.15, 0.2) is 71.7 Å². The van der Waals surface area contributed by atoms with Crippen LogP contribution in [0, 0.1) is 0 Å². The lowest BCUT2D eigenvalue weighted by molar-refractivity contribution is 0.0938. The summed E-state index contributed by atoms with van der Waals surface area (Å²) in [5.41, 5.74) is 1.69. The van der Waals surface area contributed by atoms with Gasteiger partial charge in [-0.15, -0.1) is 0 Å². The van der Waals surface area contributed by atoms with Crippen molar-refractivity contribution in [2.24, 2.45) is 7.05 Å². The van der Waals surface area contributed by atoms with E-state index in [-0.39, 0.29) is 11.1 Å². The maximum Gasteiger partial charge on any atom is 0.267 e. The lowest BCUT2D eigenvalue weighted by Gasteiger charge is -2.20. The Morgan fingerprint density at radius 3 is 2.22 bits per heavy atom. The Morgan fingerprint density at radius 1 is 1.06 bits per heavy atom. The maximum atomic E-state index is 13.4. The highest BCUT2D eigenvalue weighted by Crippen LogP contribution is 2.27. The number of hydrogen-bond donors (Lipinski definition) is 2. The third-order valence-electron chi connectivity index (χ3n) is 5.52. The first kappa shape index (κ1) is 21.4. The number of unbranched alkanes of at least 4 members (excludes halogenated alkanes) is 1. The minimum atomic E-state index is -0.636. The number of hydrogen-bond acceptors (Lipinski definition) is 4. The molecule has 2 aromatic carbocycles. The topological polar surface area (TPSA) is 89.2 Å². The summed E-state index contributed by atoms with van der Waals surface area (Å²) >= 11 is 0. The predicted octanol–water partition coefficient (Wildman–Crippen LogP) is 3.76. The van der Waals surface area contributed by atoms with Gasteiger partial charge in [-0.3, -0.25) is 14.3 Å². The zero-order valence-corrected chi connectivity index (χ0v) is 18.2. The molecule has 0 saturated heterocycles. The Labute approximate surface area is 185 Å². The van der Waals surface area contributed by atoms with Gasteiger partial charge in [0.15, 0.2) is 11.3 Å². The summed E-state index contributed by atoms with van der Waals surface area (Å²) in [5.74, 6) is -1.03. The van der Waals surface area contributed by atoms with Crippen molar-refractivity contribution in [3.8, 4) is 5.75 Å². The number of amides is 1. The summed E-state index contributed by atoms with van der Waals surface area (Å²) in [6, 6.07) is 18.6. The standard InChI is InChI=1S/C25H26N4O3/c1-3-4-15-29-19-16-28(2)27-22(19)23(30)20(25(29)32)24(31)26-21(17-11-7-5-8-12-17)18-13-9-6-10-14-18/h5-14,16,21,30H,3-4,15H2,1-2H3,(H,26,31). The van der Waals surface area contributed by atoms with Gasteiger partial charge in [0, 0.05) is 19.8 Å². The van der Waals surface area contributed by atoms with Crippen LogP contribution in [0.2, 0.25) is 0 Å². The Bertz CT molecular complexity index is 1250. The second kappa shape index (κ2) is 9.09. The highest BCUT2D eigenvalue weighted by atomic mass is 16.3. The summed E-state index contributed by atoms with van der Waals surface area (Å²) in [6.45, 7) is 2.47. The van der Waals surface area contributed by atoms with Crippen LogP contribution in [0.1, 0.15) is 47.3 Å². The molecule has 0 fully saturated rings. The van der Waals surface area contributed by atoms with E-state index in [4.69, 9.17) is 0 Å². The Morgan fingerprint density at radius 2 is 1.66 bits per heavy atom. The third-order valence-corrected chi connectivity index (χ3v) is 5.52. The van der Waals surface area contributed by atoms with Crippen molar-refractivity contribution in [1.82, 2.24) is 19.7 Å². The van der Waals surface area contributed by atoms with Crippen LogP contribution in [0.5, 0.6) is 5.75 Å². The number of nitrogens with zero attached hydrogens (tertiary/aromatic N) is 3. The number of nitrogens with one attached hydrogen (secondary N) is 1. The molecule has 0 aliphatic heterocycles. The zero-order chi connectivity index (χ0) is 22.7. The minimum absolute atomic E-state index is 0.240. The zero-order valence-electron chi connectivity index (χ0n) is 18.2. The summed E-state index contributed by atoms with van der Waals surface area (Å²) in [6.07, 6.45) is 3.34. The molecule has 164 valence electrons. The summed E-state index contributed by atoms with van der Waals surface area (Å²) < 4.78 is 3.06. The van der Waals surface area contributed by atoms with Gasteiger partial charge in [0.1, 0.15) is 5.56 Å². The van der Waals surface area contributed by atoms with Crippen molar-refractivity contribution < 1.29 is 9.90 Å². The van der Waals surface area contributed by atoms with Gasteiger partial charge in [-0.05, 0) is 17.5 Å². The van der Waals surface area contributed by atoms with Gasteiger partial charge in [-0.2, -0.15) is 5.10 Å². The van der Waals surface area contributed by atoms with Crippen molar-refractivity contribution in [2.75, 3.05) is 0 Å². The largest absolute Gasteiger partial charge is 0.505 e. The Hall–Kier alpha value is -3.87. The van der Waals surface area contributed by atoms with Gasteiger partial charge in [-0.1, -0.05) is 74.0 Å². The van der Waals surface area contributed by atoms with Crippen LogP contribution in [0.25, 0.3) is 11.0 Å².